The molecule has 4 aliphatic rings. The molecule has 0 aromatic rings. The second-order valence-electron chi connectivity index (χ2n) is 21.1. The van der Waals surface area contributed by atoms with Gasteiger partial charge in [0.1, 0.15) is 11.7 Å². The molecular weight excluding hydrogens is 673 g/mol. The van der Waals surface area contributed by atoms with Crippen LogP contribution in [0.4, 0.5) is 0 Å². The van der Waals surface area contributed by atoms with Crippen LogP contribution in [-0.4, -0.2) is 44.8 Å². The van der Waals surface area contributed by atoms with E-state index in [0.717, 1.165) is 51.4 Å². The summed E-state index contributed by atoms with van der Waals surface area (Å²) in [6, 6.07) is 0. The van der Waals surface area contributed by atoms with E-state index in [4.69, 9.17) is 4.74 Å². The van der Waals surface area contributed by atoms with Crippen molar-refractivity contribution in [3.05, 3.63) is 12.2 Å². The summed E-state index contributed by atoms with van der Waals surface area (Å²) in [5.41, 5.74) is -1.94. The third-order valence-electron chi connectivity index (χ3n) is 16.8. The Morgan fingerprint density at radius 1 is 0.741 bits per heavy atom. The molecule has 0 aromatic heterocycles. The van der Waals surface area contributed by atoms with Gasteiger partial charge in [-0.1, -0.05) is 144 Å². The highest BCUT2D eigenvalue weighted by molar-refractivity contribution is 5.69. The Kier molecular flexibility index (Phi) is 16.3. The first-order valence-corrected chi connectivity index (χ1v) is 23.0. The summed E-state index contributed by atoms with van der Waals surface area (Å²) in [7, 11) is 0. The van der Waals surface area contributed by atoms with Crippen molar-refractivity contribution in [2.24, 2.45) is 45.3 Å². The zero-order valence-electron chi connectivity index (χ0n) is 36.7. The Bertz CT molecular complexity index is 1190. The third-order valence-corrected chi connectivity index (χ3v) is 16.8. The first kappa shape index (κ1) is 45.7. The number of hydrogen-bond donors (Lipinski definition) is 3. The molecule has 6 nitrogen and oxygen atoms in total. The van der Waals surface area contributed by atoms with Crippen molar-refractivity contribution in [1.29, 1.82) is 0 Å². The molecule has 4 rings (SSSR count). The van der Waals surface area contributed by atoms with Gasteiger partial charge in [0, 0.05) is 23.7 Å². The summed E-state index contributed by atoms with van der Waals surface area (Å²) >= 11 is 0. The molecular formula is C48H86O6. The van der Waals surface area contributed by atoms with E-state index in [1.165, 1.54) is 83.5 Å². The van der Waals surface area contributed by atoms with Gasteiger partial charge in [0.05, 0.1) is 11.7 Å². The van der Waals surface area contributed by atoms with E-state index in [1.807, 2.05) is 19.1 Å². The highest BCUT2D eigenvalue weighted by atomic mass is 17.1. The van der Waals surface area contributed by atoms with Gasteiger partial charge in [-0.2, -0.15) is 0 Å². The molecule has 0 amide bonds. The second-order valence-corrected chi connectivity index (χ2v) is 21.1. The molecule has 54 heavy (non-hydrogen) atoms. The predicted octanol–water partition coefficient (Wildman–Crippen LogP) is 12.8. The smallest absolute Gasteiger partial charge is 0.306 e. The molecule has 4 fully saturated rings. The summed E-state index contributed by atoms with van der Waals surface area (Å²) in [5.74, 6) is 1.19. The summed E-state index contributed by atoms with van der Waals surface area (Å²) in [6.45, 7) is 19.9. The first-order chi connectivity index (χ1) is 25.4. The zero-order valence-corrected chi connectivity index (χ0v) is 36.7. The summed E-state index contributed by atoms with van der Waals surface area (Å²) in [4.78, 5) is 17.8. The molecule has 0 radical (unpaired) electrons. The molecule has 0 heterocycles. The van der Waals surface area contributed by atoms with Crippen molar-refractivity contribution in [3.8, 4) is 0 Å². The van der Waals surface area contributed by atoms with Gasteiger partial charge in [0.15, 0.2) is 0 Å². The minimum Gasteiger partial charge on any atom is -0.462 e. The fourth-order valence-corrected chi connectivity index (χ4v) is 13.2. The summed E-state index contributed by atoms with van der Waals surface area (Å²) in [6.07, 6.45) is 30.6. The van der Waals surface area contributed by atoms with Gasteiger partial charge in [-0.05, 0) is 107 Å². The van der Waals surface area contributed by atoms with Gasteiger partial charge in [-0.15, -0.1) is 0 Å². The lowest BCUT2D eigenvalue weighted by Gasteiger charge is -2.71. The minimum atomic E-state index is -0.843. The van der Waals surface area contributed by atoms with Crippen molar-refractivity contribution < 1.29 is 29.9 Å². The molecule has 3 N–H and O–H groups in total. The molecule has 0 bridgehead atoms. The van der Waals surface area contributed by atoms with E-state index >= 15 is 0 Å². The van der Waals surface area contributed by atoms with Crippen LogP contribution >= 0.6 is 0 Å². The Hall–Kier alpha value is -0.950. The highest BCUT2D eigenvalue weighted by Crippen LogP contribution is 2.76. The van der Waals surface area contributed by atoms with Crippen LogP contribution in [0.1, 0.15) is 216 Å². The molecule has 0 aliphatic heterocycles. The standard InChI is InChI=1S/C48H86O6/c1-10-11-12-13-14-15-16-17-18-19-20-21-22-23-24-26-42(50)53-41-35-40(49)48(9)38(44(41,4)5)30-34-46(7)39(48)28-27-36-37(29-33-45(36,46)6)47(8,51)32-25-31-43(2,3)54-52/h25,31,36-41,49,51-52H,10-24,26-30,32-35H2,1-9H3/b31-25+/t36-,37+,38+,39+,40-,41+,45-,46-,47+,48+/m1/s1. The number of aliphatic hydroxyl groups is 2. The largest absolute Gasteiger partial charge is 0.462 e. The van der Waals surface area contributed by atoms with Crippen LogP contribution in [0.15, 0.2) is 12.2 Å². The number of unbranched alkanes of at least 4 members (excludes halogenated alkanes) is 14. The number of esters is 1. The lowest BCUT2D eigenvalue weighted by atomic mass is 9.35. The van der Waals surface area contributed by atoms with Crippen LogP contribution < -0.4 is 0 Å². The monoisotopic (exact) mass is 759 g/mol. The summed E-state index contributed by atoms with van der Waals surface area (Å²) < 4.78 is 6.30. The van der Waals surface area contributed by atoms with Crippen molar-refractivity contribution in [2.45, 2.75) is 240 Å². The van der Waals surface area contributed by atoms with E-state index in [-0.39, 0.29) is 45.6 Å². The number of hydrogen-bond acceptors (Lipinski definition) is 6. The Labute approximate surface area is 332 Å². The molecule has 4 saturated carbocycles. The maximum Gasteiger partial charge on any atom is 0.306 e. The van der Waals surface area contributed by atoms with Gasteiger partial charge < -0.3 is 14.9 Å². The average molecular weight is 759 g/mol. The fraction of sp³-hybridized carbons (Fsp3) is 0.938. The van der Waals surface area contributed by atoms with E-state index in [1.54, 1.807) is 13.8 Å². The molecule has 0 aromatic carbocycles. The average Bonchev–Trinajstić information content (AvgIpc) is 3.48. The number of carbonyl (C=O) groups is 1. The Morgan fingerprint density at radius 2 is 1.28 bits per heavy atom. The second kappa shape index (κ2) is 19.2. The lowest BCUT2D eigenvalue weighted by molar-refractivity contribution is -0.297. The van der Waals surface area contributed by atoms with E-state index in [9.17, 15) is 20.3 Å². The van der Waals surface area contributed by atoms with Crippen LogP contribution in [0, 0.1) is 45.3 Å². The van der Waals surface area contributed by atoms with Crippen molar-refractivity contribution in [1.82, 2.24) is 0 Å². The topological polar surface area (TPSA) is 96.2 Å². The van der Waals surface area contributed by atoms with Crippen molar-refractivity contribution in [3.63, 3.8) is 0 Å². The van der Waals surface area contributed by atoms with Gasteiger partial charge in [0.2, 0.25) is 0 Å². The quantitative estimate of drug-likeness (QED) is 0.0334. The Balaban J connectivity index is 1.25. The van der Waals surface area contributed by atoms with Gasteiger partial charge in [0.25, 0.3) is 0 Å². The highest BCUT2D eigenvalue weighted by Gasteiger charge is 2.71. The zero-order chi connectivity index (χ0) is 39.8. The van der Waals surface area contributed by atoms with Crippen LogP contribution in [-0.2, 0) is 14.4 Å². The SMILES string of the molecule is CCCCCCCCCCCCCCCCCC(=O)O[C@H]1C[C@@H](O)[C@]2(C)[C@H]3CC[C@@H]4[C@@H]([C@@](C)(O)C/C=C/C(C)(C)OO)CC[C@@]4(C)[C@]3(C)CC[C@H]2C1(C)C. The van der Waals surface area contributed by atoms with Crippen LogP contribution in [0.25, 0.3) is 0 Å². The van der Waals surface area contributed by atoms with Crippen molar-refractivity contribution >= 4 is 5.97 Å². The summed E-state index contributed by atoms with van der Waals surface area (Å²) in [5, 5.41) is 33.3. The number of ether oxygens (including phenoxy) is 1. The minimum absolute atomic E-state index is 0.0582. The Morgan fingerprint density at radius 3 is 1.83 bits per heavy atom. The van der Waals surface area contributed by atoms with E-state index < -0.39 is 17.3 Å². The maximum absolute atomic E-state index is 13.2. The third kappa shape index (κ3) is 10.0. The number of fused-ring (bicyclic) bond motifs is 5. The fourth-order valence-electron chi connectivity index (χ4n) is 13.2. The van der Waals surface area contributed by atoms with Gasteiger partial charge in [-0.25, -0.2) is 4.89 Å². The maximum atomic E-state index is 13.2. The number of rotatable bonds is 22. The van der Waals surface area contributed by atoms with Gasteiger partial charge in [-0.3, -0.25) is 10.1 Å². The van der Waals surface area contributed by atoms with Gasteiger partial charge >= 0.3 is 5.97 Å². The molecule has 6 heteroatoms. The molecule has 0 unspecified atom stereocenters. The molecule has 0 saturated heterocycles. The molecule has 0 spiro atoms. The first-order valence-electron chi connectivity index (χ1n) is 23.0. The predicted molar refractivity (Wildman–Crippen MR) is 222 cm³/mol. The number of aliphatic hydroxyl groups excluding tert-OH is 1. The van der Waals surface area contributed by atoms with Crippen LogP contribution in [0.5, 0.6) is 0 Å². The van der Waals surface area contributed by atoms with E-state index in [0.29, 0.717) is 31.1 Å². The van der Waals surface area contributed by atoms with Crippen LogP contribution in [0.2, 0.25) is 0 Å². The molecule has 10 atom stereocenters. The van der Waals surface area contributed by atoms with Crippen molar-refractivity contribution in [2.75, 3.05) is 0 Å². The van der Waals surface area contributed by atoms with E-state index in [2.05, 4.69) is 46.4 Å². The molecule has 4 aliphatic carbocycles. The van der Waals surface area contributed by atoms with Crippen LogP contribution in [0.3, 0.4) is 0 Å². The lowest BCUT2D eigenvalue weighted by Crippen LogP contribution is -2.68. The normalized spacial score (nSPS) is 36.0. The molecule has 314 valence electrons. The number of carbonyl (C=O) groups excluding carboxylic acids is 1.